The summed E-state index contributed by atoms with van der Waals surface area (Å²) in [6.07, 6.45) is 5.75. The molecular formula is C13H14BrNO2. The summed E-state index contributed by atoms with van der Waals surface area (Å²) in [4.78, 5) is 12.0. The van der Waals surface area contributed by atoms with E-state index in [1.165, 1.54) is 0 Å². The van der Waals surface area contributed by atoms with Crippen LogP contribution in [0.3, 0.4) is 0 Å². The number of hydrogen-bond donors (Lipinski definition) is 1. The fourth-order valence-electron chi connectivity index (χ4n) is 1.79. The van der Waals surface area contributed by atoms with Crippen molar-refractivity contribution in [3.05, 3.63) is 34.8 Å². The highest BCUT2D eigenvalue weighted by Gasteiger charge is 2.19. The van der Waals surface area contributed by atoms with E-state index in [2.05, 4.69) is 21.2 Å². The number of benzene rings is 1. The number of methoxy groups -OCH3 is 1. The van der Waals surface area contributed by atoms with Gasteiger partial charge in [-0.15, -0.1) is 0 Å². The first kappa shape index (κ1) is 12.2. The molecule has 0 fully saturated rings. The number of carbonyl (C=O) groups excluding carboxylic acids is 1. The van der Waals surface area contributed by atoms with Crippen LogP contribution in [0.2, 0.25) is 0 Å². The van der Waals surface area contributed by atoms with E-state index >= 15 is 0 Å². The number of rotatable bonds is 3. The molecule has 2 rings (SSSR count). The zero-order valence-electron chi connectivity index (χ0n) is 9.57. The first-order valence-electron chi connectivity index (χ1n) is 5.50. The molecule has 17 heavy (non-hydrogen) atoms. The molecule has 1 amide bonds. The summed E-state index contributed by atoms with van der Waals surface area (Å²) in [6.45, 7) is 0. The van der Waals surface area contributed by atoms with Crippen LogP contribution in [0.5, 0.6) is 5.75 Å². The Balaban J connectivity index is 2.09. The Labute approximate surface area is 109 Å². The van der Waals surface area contributed by atoms with Crippen molar-refractivity contribution in [2.45, 2.75) is 12.8 Å². The zero-order chi connectivity index (χ0) is 12.3. The smallest absolute Gasteiger partial charge is 0.228 e. The lowest BCUT2D eigenvalue weighted by molar-refractivity contribution is -0.119. The highest BCUT2D eigenvalue weighted by molar-refractivity contribution is 9.10. The lowest BCUT2D eigenvalue weighted by Gasteiger charge is -2.12. The van der Waals surface area contributed by atoms with Gasteiger partial charge in [0.25, 0.3) is 0 Å². The van der Waals surface area contributed by atoms with Gasteiger partial charge in [-0.05, 0) is 40.9 Å². The Morgan fingerprint density at radius 3 is 2.76 bits per heavy atom. The van der Waals surface area contributed by atoms with E-state index in [1.54, 1.807) is 7.11 Å². The lowest BCUT2D eigenvalue weighted by Crippen LogP contribution is -2.20. The summed E-state index contributed by atoms with van der Waals surface area (Å²) in [7, 11) is 1.61. The average Bonchev–Trinajstić information content (AvgIpc) is 2.85. The van der Waals surface area contributed by atoms with Crippen molar-refractivity contribution >= 4 is 27.5 Å². The Morgan fingerprint density at radius 2 is 2.12 bits per heavy atom. The van der Waals surface area contributed by atoms with Crippen LogP contribution in [0.25, 0.3) is 0 Å². The summed E-state index contributed by atoms with van der Waals surface area (Å²) < 4.78 is 5.99. The molecule has 1 aliphatic carbocycles. The largest absolute Gasteiger partial charge is 0.497 e. The third kappa shape index (κ3) is 2.88. The fraction of sp³-hybridized carbons (Fsp3) is 0.308. The predicted molar refractivity (Wildman–Crippen MR) is 71.2 cm³/mol. The van der Waals surface area contributed by atoms with Gasteiger partial charge in [0.05, 0.1) is 12.8 Å². The average molecular weight is 296 g/mol. The van der Waals surface area contributed by atoms with Gasteiger partial charge in [-0.3, -0.25) is 4.79 Å². The molecule has 0 heterocycles. The molecule has 0 bridgehead atoms. The first-order valence-corrected chi connectivity index (χ1v) is 6.29. The Kier molecular flexibility index (Phi) is 3.84. The number of ether oxygens (including phenoxy) is 1. The van der Waals surface area contributed by atoms with E-state index in [-0.39, 0.29) is 11.8 Å². The van der Waals surface area contributed by atoms with Crippen molar-refractivity contribution < 1.29 is 9.53 Å². The van der Waals surface area contributed by atoms with E-state index in [0.29, 0.717) is 0 Å². The minimum Gasteiger partial charge on any atom is -0.497 e. The van der Waals surface area contributed by atoms with Gasteiger partial charge in [-0.25, -0.2) is 0 Å². The highest BCUT2D eigenvalue weighted by Crippen LogP contribution is 2.28. The van der Waals surface area contributed by atoms with Gasteiger partial charge in [-0.2, -0.15) is 0 Å². The minimum atomic E-state index is 0.0592. The second kappa shape index (κ2) is 5.36. The van der Waals surface area contributed by atoms with Crippen LogP contribution in [0.4, 0.5) is 5.69 Å². The molecule has 3 nitrogen and oxygen atoms in total. The maximum Gasteiger partial charge on any atom is 0.228 e. The number of carbonyl (C=O) groups is 1. The molecule has 1 aromatic rings. The predicted octanol–water partition coefficient (Wildman–Crippen LogP) is 3.36. The third-order valence-corrected chi connectivity index (χ3v) is 3.50. The van der Waals surface area contributed by atoms with Crippen LogP contribution >= 0.6 is 15.9 Å². The number of allylic oxidation sites excluding steroid dienone is 2. The number of halogens is 1. The normalized spacial score (nSPS) is 14.9. The molecular weight excluding hydrogens is 282 g/mol. The zero-order valence-corrected chi connectivity index (χ0v) is 11.2. The van der Waals surface area contributed by atoms with Crippen molar-refractivity contribution in [2.75, 3.05) is 12.4 Å². The maximum absolute atomic E-state index is 12.0. The van der Waals surface area contributed by atoms with Gasteiger partial charge < -0.3 is 10.1 Å². The summed E-state index contributed by atoms with van der Waals surface area (Å²) >= 11 is 3.41. The summed E-state index contributed by atoms with van der Waals surface area (Å²) in [5, 5.41) is 2.92. The third-order valence-electron chi connectivity index (χ3n) is 2.81. The van der Waals surface area contributed by atoms with E-state index in [4.69, 9.17) is 4.74 Å². The van der Waals surface area contributed by atoms with Crippen LogP contribution in [0.1, 0.15) is 12.8 Å². The summed E-state index contributed by atoms with van der Waals surface area (Å²) in [5.74, 6) is 0.852. The second-order valence-electron chi connectivity index (χ2n) is 3.97. The van der Waals surface area contributed by atoms with E-state index in [1.807, 2.05) is 30.4 Å². The molecule has 0 radical (unpaired) electrons. The number of anilines is 1. The molecule has 4 heteroatoms. The van der Waals surface area contributed by atoms with Crippen molar-refractivity contribution in [3.8, 4) is 5.75 Å². The van der Waals surface area contributed by atoms with Crippen LogP contribution in [0.15, 0.2) is 34.8 Å². The van der Waals surface area contributed by atoms with E-state index in [0.717, 1.165) is 28.8 Å². The Bertz CT molecular complexity index is 449. The van der Waals surface area contributed by atoms with Gasteiger partial charge in [-0.1, -0.05) is 12.2 Å². The van der Waals surface area contributed by atoms with E-state index < -0.39 is 0 Å². The standard InChI is InChI=1S/C13H14BrNO2/c1-17-10-6-7-11(14)12(8-10)15-13(16)9-4-2-3-5-9/h2-3,6-9H,4-5H2,1H3,(H,15,16). The molecule has 0 spiro atoms. The molecule has 0 atom stereocenters. The van der Waals surface area contributed by atoms with Crippen LogP contribution in [-0.4, -0.2) is 13.0 Å². The van der Waals surface area contributed by atoms with E-state index in [9.17, 15) is 4.79 Å². The van der Waals surface area contributed by atoms with Crippen molar-refractivity contribution in [1.82, 2.24) is 0 Å². The second-order valence-corrected chi connectivity index (χ2v) is 4.83. The fourth-order valence-corrected chi connectivity index (χ4v) is 2.14. The van der Waals surface area contributed by atoms with Gasteiger partial charge in [0.2, 0.25) is 5.91 Å². The number of amides is 1. The van der Waals surface area contributed by atoms with Crippen LogP contribution in [-0.2, 0) is 4.79 Å². The molecule has 1 N–H and O–H groups in total. The van der Waals surface area contributed by atoms with Gasteiger partial charge in [0, 0.05) is 16.5 Å². The first-order chi connectivity index (χ1) is 8.20. The SMILES string of the molecule is COc1ccc(Br)c(NC(=O)C2CC=CC2)c1. The van der Waals surface area contributed by atoms with Gasteiger partial charge in [0.1, 0.15) is 5.75 Å². The Hall–Kier alpha value is -1.29. The summed E-state index contributed by atoms with van der Waals surface area (Å²) in [5.41, 5.74) is 0.751. The topological polar surface area (TPSA) is 38.3 Å². The molecule has 1 aromatic carbocycles. The number of nitrogens with one attached hydrogen (secondary N) is 1. The minimum absolute atomic E-state index is 0.0592. The van der Waals surface area contributed by atoms with Gasteiger partial charge in [0.15, 0.2) is 0 Å². The number of hydrogen-bond acceptors (Lipinski definition) is 2. The molecule has 0 saturated carbocycles. The van der Waals surface area contributed by atoms with Gasteiger partial charge >= 0.3 is 0 Å². The van der Waals surface area contributed by atoms with Crippen LogP contribution < -0.4 is 10.1 Å². The quantitative estimate of drug-likeness (QED) is 0.869. The molecule has 1 aliphatic rings. The summed E-state index contributed by atoms with van der Waals surface area (Å²) in [6, 6.07) is 5.52. The van der Waals surface area contributed by atoms with Crippen molar-refractivity contribution in [3.63, 3.8) is 0 Å². The Morgan fingerprint density at radius 1 is 1.41 bits per heavy atom. The molecule has 90 valence electrons. The monoisotopic (exact) mass is 295 g/mol. The molecule has 0 aliphatic heterocycles. The van der Waals surface area contributed by atoms with Crippen molar-refractivity contribution in [2.24, 2.45) is 5.92 Å². The maximum atomic E-state index is 12.0. The van der Waals surface area contributed by atoms with Crippen molar-refractivity contribution in [1.29, 1.82) is 0 Å². The molecule has 0 saturated heterocycles. The molecule has 0 unspecified atom stereocenters. The lowest BCUT2D eigenvalue weighted by atomic mass is 10.1. The van der Waals surface area contributed by atoms with Crippen LogP contribution in [0, 0.1) is 5.92 Å². The highest BCUT2D eigenvalue weighted by atomic mass is 79.9. The molecule has 0 aromatic heterocycles.